The molecule has 6 nitrogen and oxygen atoms in total. The number of hydrogen-bond donors (Lipinski definition) is 1. The van der Waals surface area contributed by atoms with E-state index >= 15 is 0 Å². The molecule has 1 amide bonds. The van der Waals surface area contributed by atoms with Gasteiger partial charge in [-0.25, -0.2) is 4.79 Å². The summed E-state index contributed by atoms with van der Waals surface area (Å²) < 4.78 is 16.3. The maximum atomic E-state index is 12.7. The number of rotatable bonds is 8. The van der Waals surface area contributed by atoms with E-state index < -0.39 is 12.1 Å². The molecule has 0 aliphatic heterocycles. The van der Waals surface area contributed by atoms with Gasteiger partial charge in [-0.2, -0.15) is 0 Å². The lowest BCUT2D eigenvalue weighted by atomic mass is 10.1. The summed E-state index contributed by atoms with van der Waals surface area (Å²) in [4.78, 5) is 25.3. The van der Waals surface area contributed by atoms with E-state index in [1.807, 2.05) is 13.0 Å². The predicted molar refractivity (Wildman–Crippen MR) is 99.9 cm³/mol. The summed E-state index contributed by atoms with van der Waals surface area (Å²) in [6.07, 6.45) is 0.909. The smallest absolute Gasteiger partial charge is 0.339 e. The van der Waals surface area contributed by atoms with Crippen LogP contribution in [0.2, 0.25) is 0 Å². The third-order valence-electron chi connectivity index (χ3n) is 4.19. The van der Waals surface area contributed by atoms with Crippen molar-refractivity contribution in [3.05, 3.63) is 59.7 Å². The maximum absolute atomic E-state index is 12.7. The molecule has 2 aromatic rings. The first-order chi connectivity index (χ1) is 13.1. The number of benzene rings is 2. The first-order valence-corrected chi connectivity index (χ1v) is 8.99. The van der Waals surface area contributed by atoms with Gasteiger partial charge in [0, 0.05) is 11.6 Å². The predicted octanol–water partition coefficient (Wildman–Crippen LogP) is 3.27. The molecule has 142 valence electrons. The summed E-state index contributed by atoms with van der Waals surface area (Å²) in [7, 11) is 1.53. The molecule has 27 heavy (non-hydrogen) atoms. The molecule has 0 bridgehead atoms. The Morgan fingerprint density at radius 3 is 2.48 bits per heavy atom. The fourth-order valence-corrected chi connectivity index (χ4v) is 2.65. The highest BCUT2D eigenvalue weighted by Gasteiger charge is 2.31. The van der Waals surface area contributed by atoms with Crippen LogP contribution in [0.5, 0.6) is 11.5 Å². The zero-order valence-corrected chi connectivity index (χ0v) is 15.4. The quantitative estimate of drug-likeness (QED) is 0.723. The average molecular weight is 369 g/mol. The third-order valence-corrected chi connectivity index (χ3v) is 4.19. The summed E-state index contributed by atoms with van der Waals surface area (Å²) in [5, 5.41) is 2.90. The minimum atomic E-state index is -1.00. The molecular weight excluding hydrogens is 346 g/mol. The van der Waals surface area contributed by atoms with E-state index in [4.69, 9.17) is 14.2 Å². The minimum Gasteiger partial charge on any atom is -0.493 e. The highest BCUT2D eigenvalue weighted by molar-refractivity contribution is 5.93. The lowest BCUT2D eigenvalue weighted by Gasteiger charge is -2.18. The van der Waals surface area contributed by atoms with Gasteiger partial charge in [0.25, 0.3) is 5.91 Å². The van der Waals surface area contributed by atoms with Crippen LogP contribution in [0.4, 0.5) is 0 Å². The first-order valence-electron chi connectivity index (χ1n) is 8.99. The van der Waals surface area contributed by atoms with E-state index in [-0.39, 0.29) is 11.9 Å². The van der Waals surface area contributed by atoms with Crippen LogP contribution < -0.4 is 14.8 Å². The summed E-state index contributed by atoms with van der Waals surface area (Å²) in [6.45, 7) is 2.28. The van der Waals surface area contributed by atoms with E-state index in [9.17, 15) is 9.59 Å². The zero-order chi connectivity index (χ0) is 19.2. The highest BCUT2D eigenvalue weighted by Crippen LogP contribution is 2.29. The lowest BCUT2D eigenvalue weighted by molar-refractivity contribution is -0.130. The van der Waals surface area contributed by atoms with Crippen LogP contribution in [0.3, 0.4) is 0 Å². The van der Waals surface area contributed by atoms with Crippen LogP contribution in [0.1, 0.15) is 41.8 Å². The van der Waals surface area contributed by atoms with E-state index in [0.29, 0.717) is 29.2 Å². The molecule has 3 rings (SSSR count). The van der Waals surface area contributed by atoms with Crippen LogP contribution in [0.25, 0.3) is 0 Å². The molecule has 1 fully saturated rings. The van der Waals surface area contributed by atoms with Crippen molar-refractivity contribution >= 4 is 11.9 Å². The Labute approximate surface area is 158 Å². The van der Waals surface area contributed by atoms with Crippen LogP contribution in [0.15, 0.2) is 48.5 Å². The van der Waals surface area contributed by atoms with Gasteiger partial charge in [0.2, 0.25) is 6.10 Å². The van der Waals surface area contributed by atoms with Gasteiger partial charge in [-0.15, -0.1) is 0 Å². The van der Waals surface area contributed by atoms with Crippen molar-refractivity contribution in [2.75, 3.05) is 13.7 Å². The largest absolute Gasteiger partial charge is 0.493 e. The standard InChI is InChI=1S/C21H23NO5/c1-3-26-18-13-15(9-12-17(18)25-2)21(24)27-19(14-7-5-4-6-8-14)20(23)22-16-10-11-16/h4-9,12-13,16,19H,3,10-11H2,1-2H3,(H,22,23). The van der Waals surface area contributed by atoms with E-state index in [1.165, 1.54) is 7.11 Å². The number of esters is 1. The molecule has 1 atom stereocenters. The molecule has 1 aliphatic rings. The molecule has 1 aliphatic carbocycles. The van der Waals surface area contributed by atoms with Crippen molar-refractivity contribution in [1.29, 1.82) is 0 Å². The molecule has 0 saturated heterocycles. The molecule has 1 N–H and O–H groups in total. The summed E-state index contributed by atoms with van der Waals surface area (Å²) in [5.74, 6) is 0.0710. The van der Waals surface area contributed by atoms with Crippen LogP contribution in [-0.4, -0.2) is 31.6 Å². The Hall–Kier alpha value is -3.02. The van der Waals surface area contributed by atoms with Gasteiger partial charge in [0.05, 0.1) is 19.3 Å². The molecule has 0 radical (unpaired) electrons. The molecule has 6 heteroatoms. The Morgan fingerprint density at radius 2 is 1.85 bits per heavy atom. The fourth-order valence-electron chi connectivity index (χ4n) is 2.65. The number of amides is 1. The van der Waals surface area contributed by atoms with Gasteiger partial charge in [-0.05, 0) is 38.0 Å². The van der Waals surface area contributed by atoms with Gasteiger partial charge < -0.3 is 19.5 Å². The van der Waals surface area contributed by atoms with Crippen LogP contribution in [0, 0.1) is 0 Å². The lowest BCUT2D eigenvalue weighted by Crippen LogP contribution is -2.33. The Kier molecular flexibility index (Phi) is 5.96. The molecule has 2 aromatic carbocycles. The summed E-state index contributed by atoms with van der Waals surface area (Å²) >= 11 is 0. The van der Waals surface area contributed by atoms with Crippen molar-refractivity contribution in [1.82, 2.24) is 5.32 Å². The molecular formula is C21H23NO5. The molecule has 0 spiro atoms. The third kappa shape index (κ3) is 4.78. The topological polar surface area (TPSA) is 73.9 Å². The van der Waals surface area contributed by atoms with E-state index in [1.54, 1.807) is 42.5 Å². The Bertz CT molecular complexity index is 801. The van der Waals surface area contributed by atoms with Crippen molar-refractivity contribution in [3.63, 3.8) is 0 Å². The monoisotopic (exact) mass is 369 g/mol. The van der Waals surface area contributed by atoms with E-state index in [0.717, 1.165) is 12.8 Å². The van der Waals surface area contributed by atoms with Crippen molar-refractivity contribution < 1.29 is 23.8 Å². The number of methoxy groups -OCH3 is 1. The van der Waals surface area contributed by atoms with Gasteiger partial charge in [0.1, 0.15) is 0 Å². The molecule has 1 saturated carbocycles. The zero-order valence-electron chi connectivity index (χ0n) is 15.4. The fraction of sp³-hybridized carbons (Fsp3) is 0.333. The van der Waals surface area contributed by atoms with Crippen molar-refractivity contribution in [3.8, 4) is 11.5 Å². The van der Waals surface area contributed by atoms with Crippen LogP contribution in [-0.2, 0) is 9.53 Å². The van der Waals surface area contributed by atoms with Gasteiger partial charge in [0.15, 0.2) is 11.5 Å². The maximum Gasteiger partial charge on any atom is 0.339 e. The number of nitrogens with one attached hydrogen (secondary N) is 1. The van der Waals surface area contributed by atoms with Crippen molar-refractivity contribution in [2.24, 2.45) is 0 Å². The summed E-state index contributed by atoms with van der Waals surface area (Å²) in [6, 6.07) is 14.0. The second-order valence-corrected chi connectivity index (χ2v) is 6.28. The highest BCUT2D eigenvalue weighted by atomic mass is 16.5. The number of hydrogen-bond acceptors (Lipinski definition) is 5. The normalized spacial score (nSPS) is 14.1. The molecule has 0 aromatic heterocycles. The first kappa shape index (κ1) is 18.8. The minimum absolute atomic E-state index is 0.174. The van der Waals surface area contributed by atoms with Gasteiger partial charge in [-0.3, -0.25) is 4.79 Å². The Balaban J connectivity index is 1.81. The SMILES string of the molecule is CCOc1cc(C(=O)OC(C(=O)NC2CC2)c2ccccc2)ccc1OC. The number of carbonyl (C=O) groups excluding carboxylic acids is 2. The molecule has 1 unspecified atom stereocenters. The van der Waals surface area contributed by atoms with Crippen molar-refractivity contribution in [2.45, 2.75) is 31.9 Å². The second-order valence-electron chi connectivity index (χ2n) is 6.28. The molecule has 0 heterocycles. The van der Waals surface area contributed by atoms with Gasteiger partial charge in [-0.1, -0.05) is 30.3 Å². The Morgan fingerprint density at radius 1 is 1.11 bits per heavy atom. The van der Waals surface area contributed by atoms with E-state index in [2.05, 4.69) is 5.32 Å². The average Bonchev–Trinajstić information content (AvgIpc) is 3.50. The number of ether oxygens (including phenoxy) is 3. The second kappa shape index (κ2) is 8.58. The van der Waals surface area contributed by atoms with Crippen LogP contribution >= 0.6 is 0 Å². The summed E-state index contributed by atoms with van der Waals surface area (Å²) in [5.41, 5.74) is 0.918. The number of carbonyl (C=O) groups is 2. The van der Waals surface area contributed by atoms with Gasteiger partial charge >= 0.3 is 5.97 Å².